The van der Waals surface area contributed by atoms with Gasteiger partial charge in [-0.1, -0.05) is 32.1 Å². The molecule has 1 saturated heterocycles. The van der Waals surface area contributed by atoms with E-state index in [1.807, 2.05) is 0 Å². The smallest absolute Gasteiger partial charge is 0.196 e. The summed E-state index contributed by atoms with van der Waals surface area (Å²) in [5.74, 6) is 0. The van der Waals surface area contributed by atoms with Crippen molar-refractivity contribution in [2.24, 2.45) is 0 Å². The van der Waals surface area contributed by atoms with Crippen LogP contribution in [0.4, 0.5) is 0 Å². The topological polar surface area (TPSA) is 73.2 Å². The minimum atomic E-state index is -3.50. The molecule has 2 aliphatic rings. The van der Waals surface area contributed by atoms with Gasteiger partial charge in [0.25, 0.3) is 10.2 Å². The minimum Gasteiger partial charge on any atom is -0.196 e. The van der Waals surface area contributed by atoms with Crippen LogP contribution in [-0.2, 0) is 10.2 Å². The zero-order chi connectivity index (χ0) is 13.8. The lowest BCUT2D eigenvalue weighted by atomic mass is 9.86. The van der Waals surface area contributed by atoms with Crippen LogP contribution in [0.3, 0.4) is 0 Å². The maximum absolute atomic E-state index is 12.3. The lowest BCUT2D eigenvalue weighted by Crippen LogP contribution is -2.52. The summed E-state index contributed by atoms with van der Waals surface area (Å²) in [7, 11) is -3.50. The van der Waals surface area contributed by atoms with Crippen molar-refractivity contribution in [3.05, 3.63) is 0 Å². The molecule has 6 heteroatoms. The van der Waals surface area contributed by atoms with Gasteiger partial charge in [0.2, 0.25) is 0 Å². The van der Waals surface area contributed by atoms with Gasteiger partial charge >= 0.3 is 0 Å². The van der Waals surface area contributed by atoms with E-state index >= 15 is 0 Å². The fourth-order valence-corrected chi connectivity index (χ4v) is 4.60. The zero-order valence-electron chi connectivity index (χ0n) is 11.4. The van der Waals surface area contributed by atoms with Gasteiger partial charge in [0.05, 0.1) is 6.07 Å². The molecule has 2 rings (SSSR count). The Morgan fingerprint density at radius 2 is 1.47 bits per heavy atom. The number of nitrogens with zero attached hydrogens (tertiary/aromatic N) is 2. The molecule has 0 aromatic rings. The van der Waals surface area contributed by atoms with Gasteiger partial charge in [0.15, 0.2) is 0 Å². The van der Waals surface area contributed by atoms with Crippen molar-refractivity contribution in [2.45, 2.75) is 63.3 Å². The number of nitriles is 1. The second-order valence-electron chi connectivity index (χ2n) is 5.67. The van der Waals surface area contributed by atoms with Gasteiger partial charge in [0, 0.05) is 13.1 Å². The number of hydrogen-bond acceptors (Lipinski definition) is 3. The second-order valence-corrected chi connectivity index (χ2v) is 7.35. The van der Waals surface area contributed by atoms with Crippen LogP contribution in [0.5, 0.6) is 0 Å². The van der Waals surface area contributed by atoms with Crippen LogP contribution in [-0.4, -0.2) is 31.4 Å². The lowest BCUT2D eigenvalue weighted by molar-refractivity contribution is 0.345. The molecule has 19 heavy (non-hydrogen) atoms. The predicted molar refractivity (Wildman–Crippen MR) is 73.5 cm³/mol. The average molecular weight is 285 g/mol. The molecule has 0 aromatic carbocycles. The van der Waals surface area contributed by atoms with Gasteiger partial charge in [-0.15, -0.1) is 0 Å². The maximum atomic E-state index is 12.3. The van der Waals surface area contributed by atoms with Crippen LogP contribution in [0.15, 0.2) is 0 Å². The van der Waals surface area contributed by atoms with Crippen LogP contribution in [0.1, 0.15) is 57.8 Å². The van der Waals surface area contributed by atoms with Gasteiger partial charge in [-0.05, 0) is 25.7 Å². The van der Waals surface area contributed by atoms with Gasteiger partial charge in [-0.25, -0.2) is 0 Å². The molecule has 0 unspecified atom stereocenters. The van der Waals surface area contributed by atoms with Crippen molar-refractivity contribution in [3.63, 3.8) is 0 Å². The molecule has 0 spiro atoms. The highest BCUT2D eigenvalue weighted by Crippen LogP contribution is 2.27. The van der Waals surface area contributed by atoms with Crippen molar-refractivity contribution < 1.29 is 8.42 Å². The maximum Gasteiger partial charge on any atom is 0.280 e. The van der Waals surface area contributed by atoms with E-state index in [0.717, 1.165) is 38.5 Å². The third kappa shape index (κ3) is 3.68. The van der Waals surface area contributed by atoms with Crippen LogP contribution < -0.4 is 4.72 Å². The first-order valence-corrected chi connectivity index (χ1v) is 8.72. The Labute approximate surface area is 116 Å². The molecular formula is C13H23N3O2S. The summed E-state index contributed by atoms with van der Waals surface area (Å²) in [4.78, 5) is 0. The van der Waals surface area contributed by atoms with Crippen molar-refractivity contribution in [3.8, 4) is 6.07 Å². The van der Waals surface area contributed by atoms with Crippen LogP contribution in [0, 0.1) is 11.3 Å². The fourth-order valence-electron chi connectivity index (χ4n) is 2.99. The summed E-state index contributed by atoms with van der Waals surface area (Å²) in [5.41, 5.74) is -0.887. The first-order valence-electron chi connectivity index (χ1n) is 7.28. The Kier molecular flexibility index (Phi) is 4.82. The van der Waals surface area contributed by atoms with Crippen molar-refractivity contribution >= 4 is 10.2 Å². The summed E-state index contributed by atoms with van der Waals surface area (Å²) in [6, 6.07) is 2.25. The predicted octanol–water partition coefficient (Wildman–Crippen LogP) is 1.92. The van der Waals surface area contributed by atoms with Crippen molar-refractivity contribution in [1.82, 2.24) is 9.03 Å². The highest BCUT2D eigenvalue weighted by atomic mass is 32.2. The molecule has 1 N–H and O–H groups in total. The highest BCUT2D eigenvalue weighted by molar-refractivity contribution is 7.87. The van der Waals surface area contributed by atoms with E-state index < -0.39 is 15.7 Å². The third-order valence-electron chi connectivity index (χ3n) is 4.15. The molecule has 1 aliphatic heterocycles. The molecule has 0 atom stereocenters. The van der Waals surface area contributed by atoms with E-state index in [1.54, 1.807) is 0 Å². The lowest BCUT2D eigenvalue weighted by Gasteiger charge is -2.31. The normalized spacial score (nSPS) is 25.4. The average Bonchev–Trinajstić information content (AvgIpc) is 2.87. The molecule has 1 aliphatic carbocycles. The molecular weight excluding hydrogens is 262 g/mol. The summed E-state index contributed by atoms with van der Waals surface area (Å²) in [6.45, 7) is 1.16. The fraction of sp³-hybridized carbons (Fsp3) is 0.923. The Morgan fingerprint density at radius 1 is 0.947 bits per heavy atom. The van der Waals surface area contributed by atoms with Gasteiger partial charge in [0.1, 0.15) is 5.54 Å². The van der Waals surface area contributed by atoms with E-state index in [1.165, 1.54) is 10.7 Å². The zero-order valence-corrected chi connectivity index (χ0v) is 12.2. The van der Waals surface area contributed by atoms with Crippen molar-refractivity contribution in [1.29, 1.82) is 5.26 Å². The largest absolute Gasteiger partial charge is 0.280 e. The van der Waals surface area contributed by atoms with Crippen LogP contribution >= 0.6 is 0 Å². The Bertz CT molecular complexity index is 427. The van der Waals surface area contributed by atoms with Crippen molar-refractivity contribution in [2.75, 3.05) is 13.1 Å². The van der Waals surface area contributed by atoms with Crippen LogP contribution in [0.25, 0.3) is 0 Å². The van der Waals surface area contributed by atoms with E-state index in [4.69, 9.17) is 0 Å². The third-order valence-corrected chi connectivity index (χ3v) is 5.84. The molecule has 1 saturated carbocycles. The number of rotatable bonds is 3. The minimum absolute atomic E-state index is 0.580. The summed E-state index contributed by atoms with van der Waals surface area (Å²) in [5, 5.41) is 9.47. The summed E-state index contributed by atoms with van der Waals surface area (Å²) in [6.07, 6.45) is 8.34. The number of hydrogen-bond donors (Lipinski definition) is 1. The van der Waals surface area contributed by atoms with Gasteiger partial charge in [-0.2, -0.15) is 22.7 Å². The van der Waals surface area contributed by atoms with E-state index in [-0.39, 0.29) is 0 Å². The molecule has 2 fully saturated rings. The molecule has 0 aromatic heterocycles. The molecule has 0 radical (unpaired) electrons. The first-order chi connectivity index (χ1) is 9.08. The molecule has 0 amide bonds. The number of nitrogens with one attached hydrogen (secondary N) is 1. The van der Waals surface area contributed by atoms with E-state index in [9.17, 15) is 13.7 Å². The Morgan fingerprint density at radius 3 is 2.00 bits per heavy atom. The Hall–Kier alpha value is -0.640. The highest BCUT2D eigenvalue weighted by Gasteiger charge is 2.37. The first kappa shape index (κ1) is 14.8. The van der Waals surface area contributed by atoms with E-state index in [2.05, 4.69) is 10.8 Å². The molecule has 0 bridgehead atoms. The molecule has 1 heterocycles. The SMILES string of the molecule is N#CC1(NS(=O)(=O)N2CCCC2)CCCCCCC1. The Balaban J connectivity index is 2.10. The van der Waals surface area contributed by atoms with Crippen LogP contribution in [0.2, 0.25) is 0 Å². The standard InChI is InChI=1S/C13H23N3O2S/c14-12-13(8-4-2-1-3-5-9-13)15-19(17,18)16-10-6-7-11-16/h15H,1-11H2. The summed E-state index contributed by atoms with van der Waals surface area (Å²) < 4.78 is 28.8. The van der Waals surface area contributed by atoms with E-state index in [0.29, 0.717) is 25.9 Å². The van der Waals surface area contributed by atoms with Gasteiger partial charge in [-0.3, -0.25) is 0 Å². The van der Waals surface area contributed by atoms with Gasteiger partial charge < -0.3 is 0 Å². The molecule has 108 valence electrons. The molecule has 5 nitrogen and oxygen atoms in total. The summed E-state index contributed by atoms with van der Waals surface area (Å²) >= 11 is 0. The monoisotopic (exact) mass is 285 g/mol. The quantitative estimate of drug-likeness (QED) is 0.861. The second kappa shape index (κ2) is 6.21.